The number of nitrogens with one attached hydrogen (secondary N) is 2. The van der Waals surface area contributed by atoms with Crippen molar-refractivity contribution in [2.24, 2.45) is 0 Å². The van der Waals surface area contributed by atoms with Crippen LogP contribution >= 0.6 is 0 Å². The molecule has 1 heterocycles. The Hall–Kier alpha value is -2.08. The number of sulfonamides is 1. The van der Waals surface area contributed by atoms with Crippen LogP contribution in [0.5, 0.6) is 0 Å². The molecule has 0 fully saturated rings. The van der Waals surface area contributed by atoms with Crippen molar-refractivity contribution in [3.05, 3.63) is 48.7 Å². The standard InChI is InChI=1S/C12H13N3O2S/c1-13-12-11(8-5-9-14-12)18(16,17)15-10-6-3-2-4-7-10/h2-9,15H,1H3,(H,13,14). The summed E-state index contributed by atoms with van der Waals surface area (Å²) in [5.74, 6) is 0.320. The fourth-order valence-corrected chi connectivity index (χ4v) is 2.73. The average molecular weight is 263 g/mol. The lowest BCUT2D eigenvalue weighted by Gasteiger charge is -2.10. The van der Waals surface area contributed by atoms with E-state index in [2.05, 4.69) is 15.0 Å². The maximum absolute atomic E-state index is 12.2. The lowest BCUT2D eigenvalue weighted by Crippen LogP contribution is -2.15. The molecule has 6 heteroatoms. The third kappa shape index (κ3) is 2.60. The number of pyridine rings is 1. The molecule has 0 unspecified atom stereocenters. The first-order valence-corrected chi connectivity index (χ1v) is 6.82. The topological polar surface area (TPSA) is 71.1 Å². The molecule has 0 saturated carbocycles. The fraction of sp³-hybridized carbons (Fsp3) is 0.0833. The zero-order valence-corrected chi connectivity index (χ0v) is 10.6. The van der Waals surface area contributed by atoms with E-state index < -0.39 is 10.0 Å². The molecule has 0 aliphatic heterocycles. The summed E-state index contributed by atoms with van der Waals surface area (Å²) in [6, 6.07) is 11.8. The summed E-state index contributed by atoms with van der Waals surface area (Å²) in [6.07, 6.45) is 1.54. The molecule has 0 aliphatic carbocycles. The quantitative estimate of drug-likeness (QED) is 0.884. The highest BCUT2D eigenvalue weighted by atomic mass is 32.2. The van der Waals surface area contributed by atoms with Crippen molar-refractivity contribution in [2.75, 3.05) is 17.1 Å². The van der Waals surface area contributed by atoms with E-state index in [-0.39, 0.29) is 4.90 Å². The van der Waals surface area contributed by atoms with Gasteiger partial charge in [-0.15, -0.1) is 0 Å². The van der Waals surface area contributed by atoms with Crippen LogP contribution in [0.25, 0.3) is 0 Å². The van der Waals surface area contributed by atoms with Gasteiger partial charge in [-0.1, -0.05) is 18.2 Å². The van der Waals surface area contributed by atoms with Gasteiger partial charge in [0.15, 0.2) is 0 Å². The van der Waals surface area contributed by atoms with Crippen LogP contribution in [-0.4, -0.2) is 20.4 Å². The van der Waals surface area contributed by atoms with Gasteiger partial charge in [0.2, 0.25) is 0 Å². The van der Waals surface area contributed by atoms with Gasteiger partial charge in [-0.3, -0.25) is 4.72 Å². The van der Waals surface area contributed by atoms with Gasteiger partial charge in [-0.25, -0.2) is 13.4 Å². The molecule has 2 rings (SSSR count). The fourth-order valence-electron chi connectivity index (χ4n) is 1.51. The van der Waals surface area contributed by atoms with E-state index in [0.29, 0.717) is 11.5 Å². The van der Waals surface area contributed by atoms with Crippen molar-refractivity contribution in [3.63, 3.8) is 0 Å². The Morgan fingerprint density at radius 3 is 2.44 bits per heavy atom. The van der Waals surface area contributed by atoms with E-state index in [1.807, 2.05) is 6.07 Å². The Bertz CT molecular complexity index is 627. The molecule has 2 N–H and O–H groups in total. The van der Waals surface area contributed by atoms with E-state index in [1.54, 1.807) is 37.4 Å². The van der Waals surface area contributed by atoms with Crippen molar-refractivity contribution in [2.45, 2.75) is 4.90 Å². The number of rotatable bonds is 4. The minimum atomic E-state index is -3.63. The molecule has 0 atom stereocenters. The monoisotopic (exact) mass is 263 g/mol. The Morgan fingerprint density at radius 2 is 1.78 bits per heavy atom. The van der Waals surface area contributed by atoms with Crippen LogP contribution < -0.4 is 10.0 Å². The minimum absolute atomic E-state index is 0.122. The van der Waals surface area contributed by atoms with E-state index in [0.717, 1.165) is 0 Å². The average Bonchev–Trinajstić information content (AvgIpc) is 2.39. The zero-order chi connectivity index (χ0) is 13.0. The minimum Gasteiger partial charge on any atom is -0.372 e. The van der Waals surface area contributed by atoms with E-state index in [1.165, 1.54) is 12.3 Å². The van der Waals surface area contributed by atoms with Crippen LogP contribution in [-0.2, 0) is 10.0 Å². The molecule has 94 valence electrons. The van der Waals surface area contributed by atoms with Crippen molar-refractivity contribution in [1.29, 1.82) is 0 Å². The van der Waals surface area contributed by atoms with Crippen LogP contribution in [0.2, 0.25) is 0 Å². The highest BCUT2D eigenvalue weighted by Crippen LogP contribution is 2.20. The summed E-state index contributed by atoms with van der Waals surface area (Å²) in [7, 11) is -2.00. The largest absolute Gasteiger partial charge is 0.372 e. The first-order chi connectivity index (χ1) is 8.63. The molecule has 0 spiro atoms. The van der Waals surface area contributed by atoms with Crippen molar-refractivity contribution < 1.29 is 8.42 Å². The number of benzene rings is 1. The first-order valence-electron chi connectivity index (χ1n) is 5.34. The summed E-state index contributed by atoms with van der Waals surface area (Å²) >= 11 is 0. The van der Waals surface area contributed by atoms with Crippen molar-refractivity contribution >= 4 is 21.5 Å². The molecule has 5 nitrogen and oxygen atoms in total. The predicted octanol–water partition coefficient (Wildman–Crippen LogP) is 1.92. The lowest BCUT2D eigenvalue weighted by atomic mass is 10.3. The Kier molecular flexibility index (Phi) is 3.47. The molecule has 1 aromatic heterocycles. The summed E-state index contributed by atoms with van der Waals surface area (Å²) in [6.45, 7) is 0. The summed E-state index contributed by atoms with van der Waals surface area (Å²) in [4.78, 5) is 4.10. The van der Waals surface area contributed by atoms with Gasteiger partial charge in [-0.05, 0) is 24.3 Å². The smallest absolute Gasteiger partial charge is 0.265 e. The van der Waals surface area contributed by atoms with Crippen molar-refractivity contribution in [1.82, 2.24) is 4.98 Å². The van der Waals surface area contributed by atoms with Gasteiger partial charge in [0.05, 0.1) is 0 Å². The third-order valence-electron chi connectivity index (χ3n) is 2.32. The predicted molar refractivity (Wildman–Crippen MR) is 71.0 cm³/mol. The molecular weight excluding hydrogens is 250 g/mol. The molecule has 0 radical (unpaired) electrons. The molecule has 0 aliphatic rings. The second kappa shape index (κ2) is 5.05. The Balaban J connectivity index is 2.37. The van der Waals surface area contributed by atoms with Gasteiger partial charge >= 0.3 is 0 Å². The first kappa shape index (κ1) is 12.4. The number of hydrogen-bond donors (Lipinski definition) is 2. The molecule has 0 amide bonds. The second-order valence-corrected chi connectivity index (χ2v) is 5.22. The van der Waals surface area contributed by atoms with E-state index >= 15 is 0 Å². The number of nitrogens with zero attached hydrogens (tertiary/aromatic N) is 1. The molecule has 0 bridgehead atoms. The van der Waals surface area contributed by atoms with Crippen LogP contribution in [0.1, 0.15) is 0 Å². The molecule has 18 heavy (non-hydrogen) atoms. The Labute approximate surface area is 106 Å². The SMILES string of the molecule is CNc1ncccc1S(=O)(=O)Nc1ccccc1. The van der Waals surface area contributed by atoms with Gasteiger partial charge in [0.1, 0.15) is 10.7 Å². The van der Waals surface area contributed by atoms with E-state index in [9.17, 15) is 8.42 Å². The van der Waals surface area contributed by atoms with Crippen LogP contribution in [0.15, 0.2) is 53.6 Å². The van der Waals surface area contributed by atoms with Crippen molar-refractivity contribution in [3.8, 4) is 0 Å². The maximum Gasteiger partial charge on any atom is 0.265 e. The van der Waals surface area contributed by atoms with Crippen LogP contribution in [0, 0.1) is 0 Å². The van der Waals surface area contributed by atoms with E-state index in [4.69, 9.17) is 0 Å². The van der Waals surface area contributed by atoms with Gasteiger partial charge in [0.25, 0.3) is 10.0 Å². The second-order valence-electron chi connectivity index (χ2n) is 3.57. The Morgan fingerprint density at radius 1 is 1.06 bits per heavy atom. The zero-order valence-electron chi connectivity index (χ0n) is 9.79. The third-order valence-corrected chi connectivity index (χ3v) is 3.74. The molecule has 2 aromatic rings. The lowest BCUT2D eigenvalue weighted by molar-refractivity contribution is 0.601. The van der Waals surface area contributed by atoms with Gasteiger partial charge in [0, 0.05) is 18.9 Å². The normalized spacial score (nSPS) is 10.9. The van der Waals surface area contributed by atoms with Crippen LogP contribution in [0.3, 0.4) is 0 Å². The highest BCUT2D eigenvalue weighted by molar-refractivity contribution is 7.92. The number of hydrogen-bond acceptors (Lipinski definition) is 4. The number of anilines is 2. The summed E-state index contributed by atoms with van der Waals surface area (Å²) < 4.78 is 26.9. The van der Waals surface area contributed by atoms with Crippen LogP contribution in [0.4, 0.5) is 11.5 Å². The van der Waals surface area contributed by atoms with Gasteiger partial charge < -0.3 is 5.32 Å². The number of para-hydroxylation sites is 1. The molecule has 1 aromatic carbocycles. The van der Waals surface area contributed by atoms with Gasteiger partial charge in [-0.2, -0.15) is 0 Å². The summed E-state index contributed by atoms with van der Waals surface area (Å²) in [5, 5.41) is 2.76. The molecular formula is C12H13N3O2S. The summed E-state index contributed by atoms with van der Waals surface area (Å²) in [5.41, 5.74) is 0.517. The highest BCUT2D eigenvalue weighted by Gasteiger charge is 2.18. The molecule has 0 saturated heterocycles. The number of aromatic nitrogens is 1. The maximum atomic E-state index is 12.2.